The van der Waals surface area contributed by atoms with E-state index in [1.807, 2.05) is 19.1 Å². The number of hydrogen-bond donors (Lipinski definition) is 3. The lowest BCUT2D eigenvalue weighted by atomic mass is 10.1. The van der Waals surface area contributed by atoms with Gasteiger partial charge in [0, 0.05) is 88.0 Å². The maximum Gasteiger partial charge on any atom is 0.258 e. The summed E-state index contributed by atoms with van der Waals surface area (Å²) in [4.78, 5) is 17.6. The average molecular weight is 604 g/mol. The molecule has 2 aromatic carbocycles. The van der Waals surface area contributed by atoms with Crippen LogP contribution in [0.2, 0.25) is 0 Å². The van der Waals surface area contributed by atoms with Gasteiger partial charge < -0.3 is 25.2 Å². The number of amides is 1. The van der Waals surface area contributed by atoms with Crippen LogP contribution in [0.3, 0.4) is 0 Å². The minimum atomic E-state index is -4.20. The molecule has 0 unspecified atom stereocenters. The van der Waals surface area contributed by atoms with Crippen molar-refractivity contribution in [3.8, 4) is 0 Å². The number of fused-ring (bicyclic) bond motifs is 1. The fourth-order valence-electron chi connectivity index (χ4n) is 5.06. The smallest absolute Gasteiger partial charge is 0.258 e. The summed E-state index contributed by atoms with van der Waals surface area (Å²) in [6, 6.07) is 7.82. The molecular weight excluding hydrogens is 568 g/mol. The van der Waals surface area contributed by atoms with E-state index in [4.69, 9.17) is 4.74 Å². The SMILES string of the molecule is CO[C@@H](C)CNc1cc(N2CCN(C)CC2)ccc1C(=O)Nc1n[nH]c2c1CN(S(=O)(=O)c1cc(F)cc(F)c1)CC2. The van der Waals surface area contributed by atoms with Crippen molar-refractivity contribution < 1.29 is 26.7 Å². The van der Waals surface area contributed by atoms with E-state index >= 15 is 0 Å². The lowest BCUT2D eigenvalue weighted by molar-refractivity contribution is 0.102. The molecule has 3 heterocycles. The number of carbonyl (C=O) groups is 1. The van der Waals surface area contributed by atoms with Crippen LogP contribution in [-0.4, -0.2) is 93.3 Å². The molecule has 1 atom stereocenters. The van der Waals surface area contributed by atoms with Gasteiger partial charge in [0.1, 0.15) is 11.6 Å². The van der Waals surface area contributed by atoms with Gasteiger partial charge in [-0.1, -0.05) is 0 Å². The molecule has 5 rings (SSSR count). The van der Waals surface area contributed by atoms with Crippen LogP contribution in [0.15, 0.2) is 41.3 Å². The number of methoxy groups -OCH3 is 1. The molecule has 0 radical (unpaired) electrons. The second-order valence-corrected chi connectivity index (χ2v) is 12.6. The molecule has 1 fully saturated rings. The van der Waals surface area contributed by atoms with Crippen LogP contribution in [-0.2, 0) is 27.7 Å². The van der Waals surface area contributed by atoms with Crippen molar-refractivity contribution in [1.82, 2.24) is 19.4 Å². The first-order chi connectivity index (χ1) is 20.0. The molecule has 0 aliphatic carbocycles. The van der Waals surface area contributed by atoms with Gasteiger partial charge in [0.05, 0.1) is 16.6 Å². The van der Waals surface area contributed by atoms with E-state index < -0.39 is 32.5 Å². The van der Waals surface area contributed by atoms with Crippen molar-refractivity contribution in [3.63, 3.8) is 0 Å². The molecule has 0 bridgehead atoms. The number of hydrogen-bond acceptors (Lipinski definition) is 8. The highest BCUT2D eigenvalue weighted by Gasteiger charge is 2.32. The van der Waals surface area contributed by atoms with E-state index in [-0.39, 0.29) is 31.4 Å². The lowest BCUT2D eigenvalue weighted by Gasteiger charge is -2.34. The summed E-state index contributed by atoms with van der Waals surface area (Å²) in [7, 11) is -0.488. The highest BCUT2D eigenvalue weighted by Crippen LogP contribution is 2.30. The zero-order valence-electron chi connectivity index (χ0n) is 23.8. The Kier molecular flexibility index (Phi) is 8.78. The number of sulfonamides is 1. The number of nitrogens with one attached hydrogen (secondary N) is 3. The van der Waals surface area contributed by atoms with Crippen LogP contribution in [0.1, 0.15) is 28.5 Å². The van der Waals surface area contributed by atoms with Crippen LogP contribution in [0, 0.1) is 11.6 Å². The van der Waals surface area contributed by atoms with E-state index in [1.54, 1.807) is 13.2 Å². The molecule has 3 aromatic rings. The maximum absolute atomic E-state index is 13.8. The fourth-order valence-corrected chi connectivity index (χ4v) is 6.51. The Morgan fingerprint density at radius 2 is 1.81 bits per heavy atom. The van der Waals surface area contributed by atoms with Gasteiger partial charge in [0.15, 0.2) is 5.82 Å². The summed E-state index contributed by atoms with van der Waals surface area (Å²) < 4.78 is 60.5. The van der Waals surface area contributed by atoms with Crippen molar-refractivity contribution in [2.75, 3.05) is 69.0 Å². The minimum Gasteiger partial charge on any atom is -0.382 e. The molecule has 226 valence electrons. The maximum atomic E-state index is 13.8. The highest BCUT2D eigenvalue weighted by molar-refractivity contribution is 7.89. The van der Waals surface area contributed by atoms with Crippen molar-refractivity contribution >= 4 is 33.1 Å². The number of piperazine rings is 1. The lowest BCUT2D eigenvalue weighted by Crippen LogP contribution is -2.44. The van der Waals surface area contributed by atoms with E-state index in [0.717, 1.165) is 48.3 Å². The number of carbonyl (C=O) groups excluding carboxylic acids is 1. The molecule has 2 aliphatic rings. The van der Waals surface area contributed by atoms with Gasteiger partial charge in [-0.15, -0.1) is 0 Å². The number of halogens is 2. The second-order valence-electron chi connectivity index (χ2n) is 10.6. The molecule has 1 saturated heterocycles. The molecule has 3 N–H and O–H groups in total. The molecule has 14 heteroatoms. The molecule has 42 heavy (non-hydrogen) atoms. The number of likely N-dealkylation sites (N-methyl/N-ethyl adjacent to an activating group) is 1. The fraction of sp³-hybridized carbons (Fsp3) is 0.429. The number of nitrogens with zero attached hydrogens (tertiary/aromatic N) is 4. The normalized spacial score (nSPS) is 17.1. The summed E-state index contributed by atoms with van der Waals surface area (Å²) in [5, 5.41) is 13.3. The molecular formula is C28H35F2N7O4S. The molecule has 1 aromatic heterocycles. The zero-order valence-corrected chi connectivity index (χ0v) is 24.6. The number of benzene rings is 2. The van der Waals surface area contributed by atoms with Crippen molar-refractivity contribution in [2.24, 2.45) is 0 Å². The van der Waals surface area contributed by atoms with Gasteiger partial charge in [0.2, 0.25) is 10.0 Å². The predicted octanol–water partition coefficient (Wildman–Crippen LogP) is 2.89. The number of anilines is 3. The molecule has 0 spiro atoms. The number of H-pyrrole nitrogens is 1. The second kappa shape index (κ2) is 12.3. The van der Waals surface area contributed by atoms with Crippen LogP contribution in [0.25, 0.3) is 0 Å². The van der Waals surface area contributed by atoms with Gasteiger partial charge in [-0.05, 0) is 44.3 Å². The van der Waals surface area contributed by atoms with Crippen LogP contribution < -0.4 is 15.5 Å². The van der Waals surface area contributed by atoms with Gasteiger partial charge in [-0.2, -0.15) is 9.40 Å². The average Bonchev–Trinajstić information content (AvgIpc) is 3.37. The first-order valence-electron chi connectivity index (χ1n) is 13.7. The minimum absolute atomic E-state index is 0.0859. The van der Waals surface area contributed by atoms with E-state index in [0.29, 0.717) is 35.1 Å². The Balaban J connectivity index is 1.37. The van der Waals surface area contributed by atoms with Gasteiger partial charge in [-0.3, -0.25) is 9.89 Å². The van der Waals surface area contributed by atoms with Crippen molar-refractivity contribution in [3.05, 3.63) is 64.9 Å². The summed E-state index contributed by atoms with van der Waals surface area (Å²) in [5.41, 5.74) is 3.20. The highest BCUT2D eigenvalue weighted by atomic mass is 32.2. The summed E-state index contributed by atoms with van der Waals surface area (Å²) in [6.07, 6.45) is 0.197. The Morgan fingerprint density at radius 1 is 1.10 bits per heavy atom. The largest absolute Gasteiger partial charge is 0.382 e. The molecule has 11 nitrogen and oxygen atoms in total. The monoisotopic (exact) mass is 603 g/mol. The third kappa shape index (κ3) is 6.41. The van der Waals surface area contributed by atoms with E-state index in [1.165, 1.54) is 0 Å². The first-order valence-corrected chi connectivity index (χ1v) is 15.2. The number of ether oxygens (including phenoxy) is 1. The Hall–Kier alpha value is -3.59. The van der Waals surface area contributed by atoms with Crippen molar-refractivity contribution in [2.45, 2.75) is 30.9 Å². The molecule has 2 aliphatic heterocycles. The van der Waals surface area contributed by atoms with E-state index in [9.17, 15) is 22.0 Å². The number of rotatable bonds is 9. The summed E-state index contributed by atoms with van der Waals surface area (Å²) >= 11 is 0. The van der Waals surface area contributed by atoms with Crippen LogP contribution in [0.4, 0.5) is 26.0 Å². The summed E-state index contributed by atoms with van der Waals surface area (Å²) in [6.45, 7) is 5.99. The third-order valence-corrected chi connectivity index (χ3v) is 9.53. The Morgan fingerprint density at radius 3 is 2.50 bits per heavy atom. The quantitative estimate of drug-likeness (QED) is 0.341. The Bertz CT molecular complexity index is 1540. The summed E-state index contributed by atoms with van der Waals surface area (Å²) in [5.74, 6) is -2.19. The van der Waals surface area contributed by atoms with Crippen LogP contribution >= 0.6 is 0 Å². The van der Waals surface area contributed by atoms with Gasteiger partial charge >= 0.3 is 0 Å². The molecule has 0 saturated carbocycles. The number of aromatic amines is 1. The van der Waals surface area contributed by atoms with Crippen molar-refractivity contribution in [1.29, 1.82) is 0 Å². The van der Waals surface area contributed by atoms with E-state index in [2.05, 4.69) is 37.7 Å². The Labute approximate surface area is 243 Å². The topological polar surface area (TPSA) is 123 Å². The van der Waals surface area contributed by atoms with Gasteiger partial charge in [-0.25, -0.2) is 17.2 Å². The zero-order chi connectivity index (χ0) is 30.0. The third-order valence-electron chi connectivity index (χ3n) is 7.70. The van der Waals surface area contributed by atoms with Crippen LogP contribution in [0.5, 0.6) is 0 Å². The first kappa shape index (κ1) is 29.9. The molecule has 1 amide bonds. The number of aromatic nitrogens is 2. The predicted molar refractivity (Wildman–Crippen MR) is 155 cm³/mol. The standard InChI is InChI=1S/C28H35F2N7O4S/c1-18(41-3)16-31-26-15-21(36-10-8-35(2)9-11-36)4-5-23(26)28(38)32-27-24-17-37(7-6-25(24)33-34-27)42(39,40)22-13-19(29)12-20(30)14-22/h4-5,12-15,18,31H,6-11,16-17H2,1-3H3,(H2,32,33,34,38)/t18-/m0/s1. The van der Waals surface area contributed by atoms with Gasteiger partial charge in [0.25, 0.3) is 5.91 Å².